The summed E-state index contributed by atoms with van der Waals surface area (Å²) >= 11 is 0. The maximum Gasteiger partial charge on any atom is 0.257 e. The van der Waals surface area contributed by atoms with Crippen molar-refractivity contribution in [2.75, 3.05) is 19.7 Å². The molecule has 5 nitrogen and oxygen atoms in total. The molecule has 0 spiro atoms. The van der Waals surface area contributed by atoms with Gasteiger partial charge in [0.05, 0.1) is 12.2 Å². The van der Waals surface area contributed by atoms with E-state index in [1.807, 2.05) is 6.92 Å². The van der Waals surface area contributed by atoms with Crippen LogP contribution in [0.3, 0.4) is 0 Å². The molecule has 0 aromatic carbocycles. The molecule has 76 valence electrons. The molecule has 0 aliphatic rings. The molecule has 1 N–H and O–H groups in total. The molecule has 1 aromatic rings. The molecule has 0 bridgehead atoms. The Morgan fingerprint density at radius 1 is 1.50 bits per heavy atom. The highest BCUT2D eigenvalue weighted by Crippen LogP contribution is 2.00. The molecular formula is C9H13N3O2. The minimum atomic E-state index is -0.151. The Kier molecular flexibility index (Phi) is 4.00. The van der Waals surface area contributed by atoms with Gasteiger partial charge in [0.15, 0.2) is 0 Å². The van der Waals surface area contributed by atoms with Crippen molar-refractivity contribution in [3.63, 3.8) is 0 Å². The van der Waals surface area contributed by atoms with Gasteiger partial charge in [0.1, 0.15) is 6.33 Å². The molecule has 0 saturated carbocycles. The molecule has 0 aliphatic heterocycles. The average molecular weight is 195 g/mol. The van der Waals surface area contributed by atoms with E-state index < -0.39 is 0 Å². The largest absolute Gasteiger partial charge is 0.395 e. The third-order valence-electron chi connectivity index (χ3n) is 1.85. The predicted molar refractivity (Wildman–Crippen MR) is 50.7 cm³/mol. The molecular weight excluding hydrogens is 182 g/mol. The predicted octanol–water partition coefficient (Wildman–Crippen LogP) is -0.0690. The van der Waals surface area contributed by atoms with Gasteiger partial charge < -0.3 is 10.0 Å². The van der Waals surface area contributed by atoms with Crippen LogP contribution >= 0.6 is 0 Å². The fourth-order valence-electron chi connectivity index (χ4n) is 1.12. The number of aliphatic hydroxyl groups excluding tert-OH is 1. The summed E-state index contributed by atoms with van der Waals surface area (Å²) in [4.78, 5) is 20.8. The standard InChI is InChI=1S/C9H13N3O2/c1-2-12(3-4-13)9(14)8-5-10-7-11-6-8/h5-7,13H,2-4H2,1H3. The van der Waals surface area contributed by atoms with Gasteiger partial charge >= 0.3 is 0 Å². The number of carbonyl (C=O) groups excluding carboxylic acids is 1. The molecule has 0 radical (unpaired) electrons. The van der Waals surface area contributed by atoms with Crippen molar-refractivity contribution in [2.24, 2.45) is 0 Å². The number of hydrogen-bond donors (Lipinski definition) is 1. The molecule has 1 heterocycles. The number of likely N-dealkylation sites (N-methyl/N-ethyl adjacent to an activating group) is 1. The van der Waals surface area contributed by atoms with E-state index in [1.165, 1.54) is 18.7 Å². The first-order valence-electron chi connectivity index (χ1n) is 4.44. The zero-order valence-corrected chi connectivity index (χ0v) is 8.05. The summed E-state index contributed by atoms with van der Waals surface area (Å²) in [6.07, 6.45) is 4.31. The van der Waals surface area contributed by atoms with E-state index >= 15 is 0 Å². The summed E-state index contributed by atoms with van der Waals surface area (Å²) in [7, 11) is 0. The quantitative estimate of drug-likeness (QED) is 0.730. The molecule has 1 rings (SSSR count). The second kappa shape index (κ2) is 5.29. The van der Waals surface area contributed by atoms with Gasteiger partial charge in [-0.3, -0.25) is 4.79 Å². The van der Waals surface area contributed by atoms with E-state index in [0.29, 0.717) is 18.7 Å². The highest BCUT2D eigenvalue weighted by molar-refractivity contribution is 5.93. The van der Waals surface area contributed by atoms with Crippen LogP contribution in [0, 0.1) is 0 Å². The number of aromatic nitrogens is 2. The van der Waals surface area contributed by atoms with Gasteiger partial charge in [-0.15, -0.1) is 0 Å². The van der Waals surface area contributed by atoms with Gasteiger partial charge in [0.25, 0.3) is 5.91 Å². The third kappa shape index (κ3) is 2.50. The lowest BCUT2D eigenvalue weighted by Crippen LogP contribution is -2.33. The van der Waals surface area contributed by atoms with Crippen molar-refractivity contribution in [3.8, 4) is 0 Å². The van der Waals surface area contributed by atoms with Crippen LogP contribution < -0.4 is 0 Å². The maximum atomic E-state index is 11.7. The number of carbonyl (C=O) groups is 1. The molecule has 1 aromatic heterocycles. The van der Waals surface area contributed by atoms with E-state index in [9.17, 15) is 4.79 Å². The van der Waals surface area contributed by atoms with Crippen LogP contribution in [0.15, 0.2) is 18.7 Å². The van der Waals surface area contributed by atoms with Crippen LogP contribution in [-0.2, 0) is 0 Å². The van der Waals surface area contributed by atoms with E-state index in [1.54, 1.807) is 4.90 Å². The van der Waals surface area contributed by atoms with Crippen molar-refractivity contribution < 1.29 is 9.90 Å². The summed E-state index contributed by atoms with van der Waals surface area (Å²) in [6.45, 7) is 2.73. The van der Waals surface area contributed by atoms with Crippen molar-refractivity contribution in [1.82, 2.24) is 14.9 Å². The molecule has 0 unspecified atom stereocenters. The second-order valence-corrected chi connectivity index (χ2v) is 2.74. The summed E-state index contributed by atoms with van der Waals surface area (Å²) in [5.41, 5.74) is 0.447. The Morgan fingerprint density at radius 2 is 2.14 bits per heavy atom. The lowest BCUT2D eigenvalue weighted by molar-refractivity contribution is 0.0731. The number of aliphatic hydroxyl groups is 1. The summed E-state index contributed by atoms with van der Waals surface area (Å²) in [5, 5.41) is 8.74. The topological polar surface area (TPSA) is 66.3 Å². The van der Waals surface area contributed by atoms with E-state index in [0.717, 1.165) is 0 Å². The number of nitrogens with zero attached hydrogens (tertiary/aromatic N) is 3. The molecule has 14 heavy (non-hydrogen) atoms. The zero-order chi connectivity index (χ0) is 10.4. The van der Waals surface area contributed by atoms with Crippen molar-refractivity contribution >= 4 is 5.91 Å². The smallest absolute Gasteiger partial charge is 0.257 e. The Morgan fingerprint density at radius 3 is 2.64 bits per heavy atom. The Hall–Kier alpha value is -1.49. The van der Waals surface area contributed by atoms with Gasteiger partial charge in [-0.2, -0.15) is 0 Å². The van der Waals surface area contributed by atoms with Crippen molar-refractivity contribution in [1.29, 1.82) is 0 Å². The van der Waals surface area contributed by atoms with Crippen LogP contribution in [0.1, 0.15) is 17.3 Å². The maximum absolute atomic E-state index is 11.7. The van der Waals surface area contributed by atoms with Crippen molar-refractivity contribution in [2.45, 2.75) is 6.92 Å². The normalized spacial score (nSPS) is 9.86. The highest BCUT2D eigenvalue weighted by Gasteiger charge is 2.13. The Bertz CT molecular complexity index is 289. The number of hydrogen-bond acceptors (Lipinski definition) is 4. The fraction of sp³-hybridized carbons (Fsp3) is 0.444. The van der Waals surface area contributed by atoms with Gasteiger partial charge in [-0.05, 0) is 6.92 Å². The van der Waals surface area contributed by atoms with Crippen LogP contribution in [0.4, 0.5) is 0 Å². The minimum absolute atomic E-state index is 0.0345. The third-order valence-corrected chi connectivity index (χ3v) is 1.85. The van der Waals surface area contributed by atoms with Gasteiger partial charge in [-0.1, -0.05) is 0 Å². The first-order valence-corrected chi connectivity index (χ1v) is 4.44. The molecule has 5 heteroatoms. The molecule has 0 aliphatic carbocycles. The van der Waals surface area contributed by atoms with Crippen LogP contribution in [-0.4, -0.2) is 45.6 Å². The van der Waals surface area contributed by atoms with Gasteiger partial charge in [0, 0.05) is 25.5 Å². The summed E-state index contributed by atoms with van der Waals surface area (Å²) in [6, 6.07) is 0. The molecule has 0 saturated heterocycles. The molecule has 0 fully saturated rings. The second-order valence-electron chi connectivity index (χ2n) is 2.74. The zero-order valence-electron chi connectivity index (χ0n) is 8.05. The molecule has 1 amide bonds. The first kappa shape index (κ1) is 10.6. The van der Waals surface area contributed by atoms with Gasteiger partial charge in [-0.25, -0.2) is 9.97 Å². The van der Waals surface area contributed by atoms with Crippen molar-refractivity contribution in [3.05, 3.63) is 24.3 Å². The summed E-state index contributed by atoms with van der Waals surface area (Å²) in [5.74, 6) is -0.151. The first-order chi connectivity index (χ1) is 6.79. The average Bonchev–Trinajstić information content (AvgIpc) is 2.26. The lowest BCUT2D eigenvalue weighted by Gasteiger charge is -2.18. The van der Waals surface area contributed by atoms with E-state index in [-0.39, 0.29) is 12.5 Å². The number of rotatable bonds is 4. The fourth-order valence-corrected chi connectivity index (χ4v) is 1.12. The minimum Gasteiger partial charge on any atom is -0.395 e. The van der Waals surface area contributed by atoms with E-state index in [4.69, 9.17) is 5.11 Å². The summed E-state index contributed by atoms with van der Waals surface area (Å²) < 4.78 is 0. The highest BCUT2D eigenvalue weighted by atomic mass is 16.3. The monoisotopic (exact) mass is 195 g/mol. The van der Waals surface area contributed by atoms with Gasteiger partial charge in [0.2, 0.25) is 0 Å². The Balaban J connectivity index is 2.73. The Labute approximate surface area is 82.4 Å². The molecule has 0 atom stereocenters. The number of amides is 1. The van der Waals surface area contributed by atoms with E-state index in [2.05, 4.69) is 9.97 Å². The van der Waals surface area contributed by atoms with Crippen LogP contribution in [0.2, 0.25) is 0 Å². The van der Waals surface area contributed by atoms with Crippen LogP contribution in [0.5, 0.6) is 0 Å². The van der Waals surface area contributed by atoms with Crippen LogP contribution in [0.25, 0.3) is 0 Å². The SMILES string of the molecule is CCN(CCO)C(=O)c1cncnc1. The lowest BCUT2D eigenvalue weighted by atomic mass is 10.3.